The van der Waals surface area contributed by atoms with Crippen molar-refractivity contribution in [2.75, 3.05) is 6.54 Å². The van der Waals surface area contributed by atoms with Crippen LogP contribution in [0.15, 0.2) is 11.6 Å². The van der Waals surface area contributed by atoms with Crippen molar-refractivity contribution in [1.82, 2.24) is 9.88 Å². The standard InChI is InChI=1S/C17H25N3O2/c1-11(2)10-20-12(3)6-15(14(20)5)7-16(8-18)17(22)19-9-13(4)21/h6-7,11,13,21H,9-10H2,1-5H3,(H,19,22)/b16-7-. The van der Waals surface area contributed by atoms with Gasteiger partial charge in [0.2, 0.25) is 0 Å². The molecule has 1 unspecified atom stereocenters. The largest absolute Gasteiger partial charge is 0.392 e. The van der Waals surface area contributed by atoms with Gasteiger partial charge >= 0.3 is 0 Å². The lowest BCUT2D eigenvalue weighted by Gasteiger charge is -2.12. The van der Waals surface area contributed by atoms with E-state index in [1.165, 1.54) is 0 Å². The highest BCUT2D eigenvalue weighted by atomic mass is 16.3. The first-order valence-electron chi connectivity index (χ1n) is 7.51. The molecular formula is C17H25N3O2. The zero-order valence-electron chi connectivity index (χ0n) is 14.0. The molecule has 5 heteroatoms. The van der Waals surface area contributed by atoms with E-state index in [1.807, 2.05) is 26.0 Å². The molecule has 0 radical (unpaired) electrons. The Balaban J connectivity index is 3.04. The first kappa shape index (κ1) is 18.0. The number of aryl methyl sites for hydroxylation is 1. The minimum Gasteiger partial charge on any atom is -0.392 e. The van der Waals surface area contributed by atoms with Crippen LogP contribution in [0.25, 0.3) is 6.08 Å². The number of carbonyl (C=O) groups excluding carboxylic acids is 1. The Kier molecular flexibility index (Phi) is 6.39. The second kappa shape index (κ2) is 7.81. The van der Waals surface area contributed by atoms with Gasteiger partial charge in [0.05, 0.1) is 6.10 Å². The average Bonchev–Trinajstić information content (AvgIpc) is 2.69. The molecule has 5 nitrogen and oxygen atoms in total. The molecule has 1 amide bonds. The summed E-state index contributed by atoms with van der Waals surface area (Å²) in [5.74, 6) is 0.0588. The molecule has 0 saturated carbocycles. The molecule has 22 heavy (non-hydrogen) atoms. The highest BCUT2D eigenvalue weighted by molar-refractivity contribution is 6.01. The maximum absolute atomic E-state index is 11.9. The molecule has 1 atom stereocenters. The van der Waals surface area contributed by atoms with Crippen molar-refractivity contribution in [3.05, 3.63) is 28.6 Å². The van der Waals surface area contributed by atoms with Gasteiger partial charge < -0.3 is 15.0 Å². The van der Waals surface area contributed by atoms with Crippen LogP contribution in [0.4, 0.5) is 0 Å². The third kappa shape index (κ3) is 4.74. The summed E-state index contributed by atoms with van der Waals surface area (Å²) in [7, 11) is 0. The van der Waals surface area contributed by atoms with Crippen molar-refractivity contribution in [2.24, 2.45) is 5.92 Å². The molecule has 0 aliphatic heterocycles. The predicted octanol–water partition coefficient (Wildman–Crippen LogP) is 2.16. The first-order valence-corrected chi connectivity index (χ1v) is 7.51. The van der Waals surface area contributed by atoms with Crippen LogP contribution < -0.4 is 5.32 Å². The molecule has 1 aromatic rings. The van der Waals surface area contributed by atoms with Crippen molar-refractivity contribution >= 4 is 12.0 Å². The van der Waals surface area contributed by atoms with E-state index in [0.717, 1.165) is 23.5 Å². The van der Waals surface area contributed by atoms with E-state index < -0.39 is 12.0 Å². The van der Waals surface area contributed by atoms with Gasteiger partial charge in [0.25, 0.3) is 5.91 Å². The summed E-state index contributed by atoms with van der Waals surface area (Å²) in [5.41, 5.74) is 3.08. The molecular weight excluding hydrogens is 278 g/mol. The average molecular weight is 303 g/mol. The third-order valence-corrected chi connectivity index (χ3v) is 3.38. The highest BCUT2D eigenvalue weighted by Gasteiger charge is 2.13. The maximum atomic E-state index is 11.9. The van der Waals surface area contributed by atoms with Gasteiger partial charge in [0.1, 0.15) is 11.6 Å². The van der Waals surface area contributed by atoms with Crippen LogP contribution in [-0.2, 0) is 11.3 Å². The molecule has 0 fully saturated rings. The summed E-state index contributed by atoms with van der Waals surface area (Å²) in [6, 6.07) is 3.91. The Bertz CT molecular complexity index is 604. The van der Waals surface area contributed by atoms with Gasteiger partial charge in [-0.25, -0.2) is 0 Å². The molecule has 1 aromatic heterocycles. The molecule has 120 valence electrons. The maximum Gasteiger partial charge on any atom is 0.262 e. The first-order chi connectivity index (χ1) is 10.3. The number of aliphatic hydroxyl groups excluding tert-OH is 1. The Morgan fingerprint density at radius 2 is 2.09 bits per heavy atom. The van der Waals surface area contributed by atoms with E-state index in [-0.39, 0.29) is 12.1 Å². The van der Waals surface area contributed by atoms with Crippen LogP contribution in [0.1, 0.15) is 37.7 Å². The molecule has 0 aromatic carbocycles. The summed E-state index contributed by atoms with van der Waals surface area (Å²) in [5, 5.41) is 20.9. The predicted molar refractivity (Wildman–Crippen MR) is 87.0 cm³/mol. The van der Waals surface area contributed by atoms with E-state index in [2.05, 4.69) is 23.7 Å². The molecule has 1 heterocycles. The molecule has 0 aliphatic carbocycles. The lowest BCUT2D eigenvalue weighted by molar-refractivity contribution is -0.117. The number of carbonyl (C=O) groups is 1. The molecule has 0 saturated heterocycles. The van der Waals surface area contributed by atoms with Crippen LogP contribution in [-0.4, -0.2) is 28.2 Å². The topological polar surface area (TPSA) is 78.1 Å². The second-order valence-electron chi connectivity index (χ2n) is 6.06. The normalized spacial score (nSPS) is 13.1. The summed E-state index contributed by atoms with van der Waals surface area (Å²) < 4.78 is 2.19. The van der Waals surface area contributed by atoms with Gasteiger partial charge in [0, 0.05) is 24.5 Å². The summed E-state index contributed by atoms with van der Waals surface area (Å²) in [4.78, 5) is 11.9. The van der Waals surface area contributed by atoms with Gasteiger partial charge in [-0.05, 0) is 44.4 Å². The molecule has 0 aliphatic rings. The number of hydrogen-bond donors (Lipinski definition) is 2. The summed E-state index contributed by atoms with van der Waals surface area (Å²) in [6.07, 6.45) is 0.969. The van der Waals surface area contributed by atoms with E-state index >= 15 is 0 Å². The number of rotatable bonds is 6. The Hall–Kier alpha value is -2.06. The fourth-order valence-corrected chi connectivity index (χ4v) is 2.26. The summed E-state index contributed by atoms with van der Waals surface area (Å²) in [6.45, 7) is 10.9. The summed E-state index contributed by atoms with van der Waals surface area (Å²) >= 11 is 0. The smallest absolute Gasteiger partial charge is 0.262 e. The van der Waals surface area contributed by atoms with Crippen molar-refractivity contribution in [3.8, 4) is 6.07 Å². The lowest BCUT2D eigenvalue weighted by atomic mass is 10.1. The van der Waals surface area contributed by atoms with Gasteiger partial charge in [-0.3, -0.25) is 4.79 Å². The van der Waals surface area contributed by atoms with Gasteiger partial charge in [0.15, 0.2) is 0 Å². The molecule has 0 spiro atoms. The van der Waals surface area contributed by atoms with Crippen LogP contribution in [0, 0.1) is 31.1 Å². The van der Waals surface area contributed by atoms with E-state index in [9.17, 15) is 15.2 Å². The number of nitriles is 1. The highest BCUT2D eigenvalue weighted by Crippen LogP contribution is 2.19. The van der Waals surface area contributed by atoms with E-state index in [1.54, 1.807) is 13.0 Å². The third-order valence-electron chi connectivity index (χ3n) is 3.38. The fraction of sp³-hybridized carbons (Fsp3) is 0.529. The van der Waals surface area contributed by atoms with E-state index in [4.69, 9.17) is 0 Å². The molecule has 2 N–H and O–H groups in total. The van der Waals surface area contributed by atoms with Gasteiger partial charge in [-0.2, -0.15) is 5.26 Å². The van der Waals surface area contributed by atoms with Gasteiger partial charge in [-0.1, -0.05) is 13.8 Å². The van der Waals surface area contributed by atoms with Crippen LogP contribution in [0.2, 0.25) is 0 Å². The van der Waals surface area contributed by atoms with Crippen LogP contribution in [0.5, 0.6) is 0 Å². The Morgan fingerprint density at radius 3 is 2.59 bits per heavy atom. The Morgan fingerprint density at radius 1 is 1.45 bits per heavy atom. The number of aromatic nitrogens is 1. The molecule has 1 rings (SSSR count). The SMILES string of the molecule is Cc1cc(/C=C(/C#N)C(=O)NCC(C)O)c(C)n1CC(C)C. The van der Waals surface area contributed by atoms with Crippen molar-refractivity contribution in [2.45, 2.75) is 47.3 Å². The Labute approximate surface area is 132 Å². The van der Waals surface area contributed by atoms with E-state index in [0.29, 0.717) is 5.92 Å². The van der Waals surface area contributed by atoms with Crippen molar-refractivity contribution < 1.29 is 9.90 Å². The van der Waals surface area contributed by atoms with Crippen LogP contribution >= 0.6 is 0 Å². The molecule has 0 bridgehead atoms. The number of nitrogens with zero attached hydrogens (tertiary/aromatic N) is 2. The van der Waals surface area contributed by atoms with Crippen molar-refractivity contribution in [1.29, 1.82) is 5.26 Å². The van der Waals surface area contributed by atoms with Crippen molar-refractivity contribution in [3.63, 3.8) is 0 Å². The van der Waals surface area contributed by atoms with Gasteiger partial charge in [-0.15, -0.1) is 0 Å². The van der Waals surface area contributed by atoms with Crippen LogP contribution in [0.3, 0.4) is 0 Å². The minimum atomic E-state index is -0.639. The lowest BCUT2D eigenvalue weighted by Crippen LogP contribution is -2.31. The second-order valence-corrected chi connectivity index (χ2v) is 6.06. The fourth-order valence-electron chi connectivity index (χ4n) is 2.26. The number of nitrogens with one attached hydrogen (secondary N) is 1. The number of amides is 1. The quantitative estimate of drug-likeness (QED) is 0.624. The minimum absolute atomic E-state index is 0.0467. The number of aliphatic hydroxyl groups is 1. The monoisotopic (exact) mass is 303 g/mol. The number of hydrogen-bond acceptors (Lipinski definition) is 3. The zero-order valence-corrected chi connectivity index (χ0v) is 14.0. The zero-order chi connectivity index (χ0) is 16.9.